The summed E-state index contributed by atoms with van der Waals surface area (Å²) in [5, 5.41) is 0. The van der Waals surface area contributed by atoms with Crippen molar-refractivity contribution in [1.82, 2.24) is 0 Å². The molecule has 0 radical (unpaired) electrons. The molecule has 2 aliphatic rings. The first-order valence-corrected chi connectivity index (χ1v) is 15.5. The normalized spacial score (nSPS) is 19.2. The molecule has 3 unspecified atom stereocenters. The number of unbranched alkanes of at least 4 members (excludes halogenated alkanes) is 1. The van der Waals surface area contributed by atoms with E-state index >= 15 is 0 Å². The predicted molar refractivity (Wildman–Crippen MR) is 169 cm³/mol. The molecule has 2 heterocycles. The van der Waals surface area contributed by atoms with Crippen LogP contribution in [0.4, 0.5) is 4.79 Å². The van der Waals surface area contributed by atoms with Crippen LogP contribution in [0.1, 0.15) is 49.5 Å². The van der Waals surface area contributed by atoms with Gasteiger partial charge in [0.15, 0.2) is 12.2 Å². The topological polar surface area (TPSA) is 159 Å². The third-order valence-corrected chi connectivity index (χ3v) is 7.53. The molecule has 3 aromatic carbocycles. The highest BCUT2D eigenvalue weighted by Crippen LogP contribution is 2.31. The third kappa shape index (κ3) is 9.52. The fourth-order valence-electron chi connectivity index (χ4n) is 4.93. The number of ether oxygens (including phenoxy) is 8. The van der Waals surface area contributed by atoms with Crippen LogP contribution in [-0.2, 0) is 33.2 Å². The summed E-state index contributed by atoms with van der Waals surface area (Å²) >= 11 is 0. The molecule has 49 heavy (non-hydrogen) atoms. The lowest BCUT2D eigenvalue weighted by atomic mass is 10.1. The van der Waals surface area contributed by atoms with Crippen molar-refractivity contribution in [3.05, 3.63) is 108 Å². The quantitative estimate of drug-likeness (QED) is 0.0609. The van der Waals surface area contributed by atoms with E-state index in [0.717, 1.165) is 11.6 Å². The Labute approximate surface area is 281 Å². The molecule has 4 atom stereocenters. The molecule has 0 bridgehead atoms. The summed E-state index contributed by atoms with van der Waals surface area (Å²) in [6.07, 6.45) is -1.38. The lowest BCUT2D eigenvalue weighted by Gasteiger charge is -2.17. The summed E-state index contributed by atoms with van der Waals surface area (Å²) in [5.74, 6) is -1.96. The fraction of sp³-hybridized carbons (Fsp3) is 0.306. The first-order valence-electron chi connectivity index (χ1n) is 15.5. The molecule has 2 aliphatic heterocycles. The number of carbonyl (C=O) groups is 5. The van der Waals surface area contributed by atoms with Crippen LogP contribution in [0, 0.1) is 6.92 Å². The SMILES string of the molecule is C=CC(=O)OCCCCOC(=O)Oc1ccc(C(=O)Oc2ccc(C(=O)OC3COC4C3OC[C@@H]4OC(=O)c3ccc(C)cc3)cc2)cc1. The van der Waals surface area contributed by atoms with Gasteiger partial charge in [0.2, 0.25) is 0 Å². The maximum Gasteiger partial charge on any atom is 0.513 e. The molecule has 256 valence electrons. The second-order valence-electron chi connectivity index (χ2n) is 11.1. The van der Waals surface area contributed by atoms with E-state index in [1.54, 1.807) is 12.1 Å². The van der Waals surface area contributed by atoms with E-state index in [1.165, 1.54) is 48.5 Å². The second kappa shape index (κ2) is 16.5. The smallest absolute Gasteiger partial charge is 0.463 e. The number of carbonyl (C=O) groups excluding carboxylic acids is 5. The number of rotatable bonds is 13. The Morgan fingerprint density at radius 3 is 1.61 bits per heavy atom. The van der Waals surface area contributed by atoms with Gasteiger partial charge < -0.3 is 37.9 Å². The van der Waals surface area contributed by atoms with Crippen LogP contribution in [0.15, 0.2) is 85.5 Å². The van der Waals surface area contributed by atoms with E-state index in [1.807, 2.05) is 19.1 Å². The molecule has 0 amide bonds. The second-order valence-corrected chi connectivity index (χ2v) is 11.1. The summed E-state index contributed by atoms with van der Waals surface area (Å²) in [5.41, 5.74) is 1.85. The highest BCUT2D eigenvalue weighted by Gasteiger charge is 2.51. The van der Waals surface area contributed by atoms with E-state index in [2.05, 4.69) is 6.58 Å². The molecule has 0 aromatic heterocycles. The van der Waals surface area contributed by atoms with Crippen LogP contribution in [0.5, 0.6) is 11.5 Å². The van der Waals surface area contributed by atoms with Crippen molar-refractivity contribution in [2.75, 3.05) is 26.4 Å². The summed E-state index contributed by atoms with van der Waals surface area (Å²) in [4.78, 5) is 60.9. The highest BCUT2D eigenvalue weighted by molar-refractivity contribution is 5.92. The summed E-state index contributed by atoms with van der Waals surface area (Å²) in [7, 11) is 0. The number of hydrogen-bond acceptors (Lipinski definition) is 13. The number of hydrogen-bond donors (Lipinski definition) is 0. The molecule has 3 aromatic rings. The standard InChI is InChI=1S/C36H34O13/c1-3-30(37)42-18-4-5-19-43-36(41)47-27-16-12-24(13-17-27)33(38)46-26-14-10-25(11-15-26)35(40)49-29-21-45-31-28(20-44-32(29)31)48-34(39)23-8-6-22(2)7-9-23/h3,6-17,28-29,31-32H,1,4-5,18-21H2,2H3/t28-,29?,31?,32?/m0/s1. The van der Waals surface area contributed by atoms with Crippen LogP contribution in [0.2, 0.25) is 0 Å². The minimum absolute atomic E-state index is 0.0736. The van der Waals surface area contributed by atoms with E-state index in [9.17, 15) is 24.0 Å². The lowest BCUT2D eigenvalue weighted by Crippen LogP contribution is -2.36. The molecule has 13 nitrogen and oxygen atoms in total. The van der Waals surface area contributed by atoms with Crippen LogP contribution >= 0.6 is 0 Å². The number of esters is 4. The van der Waals surface area contributed by atoms with Crippen LogP contribution in [0.25, 0.3) is 0 Å². The molecule has 0 N–H and O–H groups in total. The van der Waals surface area contributed by atoms with Gasteiger partial charge in [0, 0.05) is 6.08 Å². The minimum Gasteiger partial charge on any atom is -0.463 e. The Balaban J connectivity index is 1.03. The first-order chi connectivity index (χ1) is 23.7. The van der Waals surface area contributed by atoms with E-state index in [4.69, 9.17) is 37.9 Å². The zero-order valence-corrected chi connectivity index (χ0v) is 26.6. The zero-order chi connectivity index (χ0) is 34.8. The molecular formula is C36H34O13. The molecule has 0 saturated carbocycles. The molecule has 0 aliphatic carbocycles. The minimum atomic E-state index is -0.920. The average molecular weight is 675 g/mol. The van der Waals surface area contributed by atoms with Crippen molar-refractivity contribution in [3.8, 4) is 11.5 Å². The van der Waals surface area contributed by atoms with Crippen LogP contribution < -0.4 is 9.47 Å². The number of aryl methyl sites for hydroxylation is 1. The Hall–Kier alpha value is -5.53. The van der Waals surface area contributed by atoms with Crippen molar-refractivity contribution >= 4 is 30.0 Å². The Morgan fingerprint density at radius 2 is 1.10 bits per heavy atom. The largest absolute Gasteiger partial charge is 0.513 e. The van der Waals surface area contributed by atoms with Gasteiger partial charge in [-0.15, -0.1) is 0 Å². The molecule has 5 rings (SSSR count). The Kier molecular flexibility index (Phi) is 11.7. The molecular weight excluding hydrogens is 640 g/mol. The Morgan fingerprint density at radius 1 is 0.653 bits per heavy atom. The predicted octanol–water partition coefficient (Wildman–Crippen LogP) is 4.79. The van der Waals surface area contributed by atoms with Gasteiger partial charge in [-0.25, -0.2) is 24.0 Å². The van der Waals surface area contributed by atoms with Crippen molar-refractivity contribution < 1.29 is 61.9 Å². The van der Waals surface area contributed by atoms with Gasteiger partial charge in [0.05, 0.1) is 43.1 Å². The van der Waals surface area contributed by atoms with Crippen molar-refractivity contribution in [2.24, 2.45) is 0 Å². The maximum atomic E-state index is 12.9. The van der Waals surface area contributed by atoms with Gasteiger partial charge in [0.1, 0.15) is 23.7 Å². The first kappa shape index (κ1) is 34.8. The average Bonchev–Trinajstić information content (AvgIpc) is 3.69. The Bertz CT molecular complexity index is 1650. The van der Waals surface area contributed by atoms with Gasteiger partial charge in [-0.3, -0.25) is 0 Å². The molecule has 0 spiro atoms. The van der Waals surface area contributed by atoms with Gasteiger partial charge in [0.25, 0.3) is 0 Å². The van der Waals surface area contributed by atoms with Gasteiger partial charge in [-0.2, -0.15) is 0 Å². The van der Waals surface area contributed by atoms with Crippen LogP contribution in [-0.4, -0.2) is 80.9 Å². The monoisotopic (exact) mass is 674 g/mol. The highest BCUT2D eigenvalue weighted by atomic mass is 16.7. The summed E-state index contributed by atoms with van der Waals surface area (Å²) < 4.78 is 43.1. The molecule has 13 heteroatoms. The van der Waals surface area contributed by atoms with Crippen molar-refractivity contribution in [2.45, 2.75) is 44.2 Å². The van der Waals surface area contributed by atoms with E-state index in [0.29, 0.717) is 18.4 Å². The lowest BCUT2D eigenvalue weighted by molar-refractivity contribution is -0.137. The fourth-order valence-corrected chi connectivity index (χ4v) is 4.93. The summed E-state index contributed by atoms with van der Waals surface area (Å²) in [6, 6.07) is 18.5. The van der Waals surface area contributed by atoms with E-state index in [-0.39, 0.29) is 49.1 Å². The third-order valence-electron chi connectivity index (χ3n) is 7.53. The van der Waals surface area contributed by atoms with Crippen LogP contribution in [0.3, 0.4) is 0 Å². The van der Waals surface area contributed by atoms with E-state index < -0.39 is 54.4 Å². The van der Waals surface area contributed by atoms with Gasteiger partial charge >= 0.3 is 30.0 Å². The number of fused-ring (bicyclic) bond motifs is 1. The maximum absolute atomic E-state index is 12.9. The zero-order valence-electron chi connectivity index (χ0n) is 26.6. The molecule has 2 saturated heterocycles. The van der Waals surface area contributed by atoms with Gasteiger partial charge in [-0.1, -0.05) is 24.3 Å². The van der Waals surface area contributed by atoms with Crippen molar-refractivity contribution in [1.29, 1.82) is 0 Å². The summed E-state index contributed by atoms with van der Waals surface area (Å²) in [6.45, 7) is 5.67. The van der Waals surface area contributed by atoms with Gasteiger partial charge in [-0.05, 0) is 80.4 Å². The molecule has 2 fully saturated rings. The number of benzene rings is 3. The van der Waals surface area contributed by atoms with Crippen molar-refractivity contribution in [3.63, 3.8) is 0 Å².